The molecular formula is C19H22O. The quantitative estimate of drug-likeness (QED) is 0.728. The minimum Gasteiger partial charge on any atom is -0.493 e. The second kappa shape index (κ2) is 6.60. The van der Waals surface area contributed by atoms with Crippen LogP contribution in [0.4, 0.5) is 0 Å². The minimum absolute atomic E-state index is 0.743. The molecule has 0 aromatic heterocycles. The van der Waals surface area contributed by atoms with Gasteiger partial charge in [-0.15, -0.1) is 0 Å². The Labute approximate surface area is 121 Å². The van der Waals surface area contributed by atoms with E-state index in [4.69, 9.17) is 4.74 Å². The first-order valence-corrected chi connectivity index (χ1v) is 7.71. The predicted octanol–water partition coefficient (Wildman–Crippen LogP) is 5.31. The Bertz CT molecular complexity index is 526. The Balaban J connectivity index is 1.73. The molecule has 1 saturated carbocycles. The van der Waals surface area contributed by atoms with E-state index in [2.05, 4.69) is 54.6 Å². The third-order valence-corrected chi connectivity index (χ3v) is 4.17. The molecule has 0 aliphatic heterocycles. The Morgan fingerprint density at radius 1 is 0.800 bits per heavy atom. The Morgan fingerprint density at radius 3 is 2.30 bits per heavy atom. The molecule has 1 fully saturated rings. The van der Waals surface area contributed by atoms with Gasteiger partial charge in [-0.3, -0.25) is 0 Å². The normalized spacial score (nSPS) is 16.0. The summed E-state index contributed by atoms with van der Waals surface area (Å²) in [6.45, 7) is 0.865. The topological polar surface area (TPSA) is 9.23 Å². The molecule has 0 spiro atoms. The number of para-hydroxylation sites is 1. The van der Waals surface area contributed by atoms with Crippen LogP contribution < -0.4 is 4.74 Å². The average Bonchev–Trinajstić information content (AvgIpc) is 2.55. The molecule has 0 saturated heterocycles. The van der Waals surface area contributed by atoms with Gasteiger partial charge in [0.05, 0.1) is 6.61 Å². The van der Waals surface area contributed by atoms with Crippen LogP contribution in [0.2, 0.25) is 0 Å². The van der Waals surface area contributed by atoms with Crippen molar-refractivity contribution in [2.45, 2.75) is 32.1 Å². The third kappa shape index (κ3) is 3.22. The smallest absolute Gasteiger partial charge is 0.127 e. The van der Waals surface area contributed by atoms with E-state index < -0.39 is 0 Å². The fourth-order valence-electron chi connectivity index (χ4n) is 3.01. The number of hydrogen-bond acceptors (Lipinski definition) is 1. The van der Waals surface area contributed by atoms with Gasteiger partial charge in [0.15, 0.2) is 0 Å². The monoisotopic (exact) mass is 266 g/mol. The van der Waals surface area contributed by atoms with E-state index in [1.165, 1.54) is 43.2 Å². The van der Waals surface area contributed by atoms with Crippen LogP contribution >= 0.6 is 0 Å². The van der Waals surface area contributed by atoms with E-state index in [1.807, 2.05) is 0 Å². The highest BCUT2D eigenvalue weighted by atomic mass is 16.5. The summed E-state index contributed by atoms with van der Waals surface area (Å²) in [4.78, 5) is 0. The first-order chi connectivity index (χ1) is 9.93. The molecular weight excluding hydrogens is 244 g/mol. The lowest BCUT2D eigenvalue weighted by Crippen LogP contribution is -2.15. The molecule has 0 radical (unpaired) electrons. The Morgan fingerprint density at radius 2 is 1.50 bits per heavy atom. The van der Waals surface area contributed by atoms with Crippen molar-refractivity contribution in [1.82, 2.24) is 0 Å². The number of hydrogen-bond donors (Lipinski definition) is 0. The summed E-state index contributed by atoms with van der Waals surface area (Å²) in [5.41, 5.74) is 2.43. The average molecular weight is 266 g/mol. The molecule has 0 amide bonds. The van der Waals surface area contributed by atoms with Gasteiger partial charge in [-0.05, 0) is 30.4 Å². The van der Waals surface area contributed by atoms with Gasteiger partial charge in [-0.25, -0.2) is 0 Å². The van der Waals surface area contributed by atoms with Gasteiger partial charge in [0.2, 0.25) is 0 Å². The lowest BCUT2D eigenvalue weighted by Gasteiger charge is -2.22. The zero-order chi connectivity index (χ0) is 13.6. The van der Waals surface area contributed by atoms with E-state index in [0.29, 0.717) is 0 Å². The molecule has 2 aromatic carbocycles. The summed E-state index contributed by atoms with van der Waals surface area (Å²) in [5.74, 6) is 1.76. The summed E-state index contributed by atoms with van der Waals surface area (Å²) >= 11 is 0. The molecule has 0 bridgehead atoms. The Kier molecular flexibility index (Phi) is 4.37. The summed E-state index contributed by atoms with van der Waals surface area (Å²) in [7, 11) is 0. The summed E-state index contributed by atoms with van der Waals surface area (Å²) < 4.78 is 6.13. The van der Waals surface area contributed by atoms with Gasteiger partial charge < -0.3 is 4.74 Å². The molecule has 0 N–H and O–H groups in total. The maximum atomic E-state index is 6.13. The number of ether oxygens (including phenoxy) is 1. The molecule has 1 aliphatic rings. The lowest BCUT2D eigenvalue weighted by molar-refractivity contribution is 0.209. The molecule has 0 heterocycles. The summed E-state index contributed by atoms with van der Waals surface area (Å²) in [6, 6.07) is 18.9. The van der Waals surface area contributed by atoms with Crippen molar-refractivity contribution < 1.29 is 4.74 Å². The SMILES string of the molecule is c1ccc(-c2ccccc2OCC2CCCCC2)cc1. The van der Waals surface area contributed by atoms with E-state index >= 15 is 0 Å². The van der Waals surface area contributed by atoms with Crippen molar-refractivity contribution in [3.8, 4) is 16.9 Å². The first-order valence-electron chi connectivity index (χ1n) is 7.71. The maximum absolute atomic E-state index is 6.13. The van der Waals surface area contributed by atoms with Crippen molar-refractivity contribution >= 4 is 0 Å². The maximum Gasteiger partial charge on any atom is 0.127 e. The van der Waals surface area contributed by atoms with Gasteiger partial charge in [-0.2, -0.15) is 0 Å². The van der Waals surface area contributed by atoms with Crippen LogP contribution in [-0.4, -0.2) is 6.61 Å². The third-order valence-electron chi connectivity index (χ3n) is 4.17. The van der Waals surface area contributed by atoms with Gasteiger partial charge >= 0.3 is 0 Å². The molecule has 2 aromatic rings. The van der Waals surface area contributed by atoms with Gasteiger partial charge in [0.1, 0.15) is 5.75 Å². The zero-order valence-corrected chi connectivity index (χ0v) is 11.9. The molecule has 104 valence electrons. The van der Waals surface area contributed by atoms with Crippen LogP contribution in [-0.2, 0) is 0 Å². The lowest BCUT2D eigenvalue weighted by atomic mass is 9.90. The van der Waals surface area contributed by atoms with Crippen LogP contribution in [0.3, 0.4) is 0 Å². The zero-order valence-electron chi connectivity index (χ0n) is 11.9. The highest BCUT2D eigenvalue weighted by Gasteiger charge is 2.15. The van der Waals surface area contributed by atoms with Crippen LogP contribution in [0.15, 0.2) is 54.6 Å². The second-order valence-electron chi connectivity index (χ2n) is 5.68. The van der Waals surface area contributed by atoms with Gasteiger partial charge in [0, 0.05) is 5.56 Å². The van der Waals surface area contributed by atoms with Gasteiger partial charge in [0.25, 0.3) is 0 Å². The van der Waals surface area contributed by atoms with E-state index in [-0.39, 0.29) is 0 Å². The summed E-state index contributed by atoms with van der Waals surface area (Å²) in [5, 5.41) is 0. The highest BCUT2D eigenvalue weighted by molar-refractivity contribution is 5.70. The second-order valence-corrected chi connectivity index (χ2v) is 5.68. The predicted molar refractivity (Wildman–Crippen MR) is 83.9 cm³/mol. The highest BCUT2D eigenvalue weighted by Crippen LogP contribution is 2.31. The molecule has 20 heavy (non-hydrogen) atoms. The van der Waals surface area contributed by atoms with E-state index in [0.717, 1.165) is 18.3 Å². The Hall–Kier alpha value is -1.76. The molecule has 0 unspecified atom stereocenters. The van der Waals surface area contributed by atoms with E-state index in [1.54, 1.807) is 0 Å². The van der Waals surface area contributed by atoms with Crippen molar-refractivity contribution in [1.29, 1.82) is 0 Å². The first kappa shape index (κ1) is 13.2. The van der Waals surface area contributed by atoms with Crippen molar-refractivity contribution in [2.75, 3.05) is 6.61 Å². The molecule has 0 atom stereocenters. The fourth-order valence-corrected chi connectivity index (χ4v) is 3.01. The molecule has 1 heteroatoms. The minimum atomic E-state index is 0.743. The van der Waals surface area contributed by atoms with Crippen LogP contribution in [0.1, 0.15) is 32.1 Å². The number of rotatable bonds is 4. The largest absolute Gasteiger partial charge is 0.493 e. The number of benzene rings is 2. The van der Waals surface area contributed by atoms with Crippen molar-refractivity contribution in [2.24, 2.45) is 5.92 Å². The molecule has 1 aliphatic carbocycles. The molecule has 1 nitrogen and oxygen atoms in total. The van der Waals surface area contributed by atoms with Crippen LogP contribution in [0.25, 0.3) is 11.1 Å². The summed E-state index contributed by atoms with van der Waals surface area (Å²) in [6.07, 6.45) is 6.79. The standard InChI is InChI=1S/C19H22O/c1-3-9-16(10-4-1)15-20-19-14-8-7-13-18(19)17-11-5-2-6-12-17/h2,5-8,11-14,16H,1,3-4,9-10,15H2. The van der Waals surface area contributed by atoms with Crippen LogP contribution in [0, 0.1) is 5.92 Å². The van der Waals surface area contributed by atoms with Crippen LogP contribution in [0.5, 0.6) is 5.75 Å². The van der Waals surface area contributed by atoms with Crippen molar-refractivity contribution in [3.63, 3.8) is 0 Å². The molecule has 3 rings (SSSR count). The van der Waals surface area contributed by atoms with Crippen molar-refractivity contribution in [3.05, 3.63) is 54.6 Å². The van der Waals surface area contributed by atoms with Gasteiger partial charge in [-0.1, -0.05) is 67.8 Å². The fraction of sp³-hybridized carbons (Fsp3) is 0.368. The van der Waals surface area contributed by atoms with E-state index in [9.17, 15) is 0 Å².